The quantitative estimate of drug-likeness (QED) is 0.792. The van der Waals surface area contributed by atoms with Gasteiger partial charge in [0.15, 0.2) is 0 Å². The number of nitrogens with one attached hydrogen (secondary N) is 1. The molecule has 2 N–H and O–H groups in total. The van der Waals surface area contributed by atoms with E-state index in [-0.39, 0.29) is 17.9 Å². The van der Waals surface area contributed by atoms with Gasteiger partial charge in [-0.2, -0.15) is 5.10 Å². The molecule has 2 aliphatic heterocycles. The van der Waals surface area contributed by atoms with Gasteiger partial charge in [-0.3, -0.25) is 14.3 Å². The van der Waals surface area contributed by atoms with Crippen LogP contribution in [0.2, 0.25) is 0 Å². The number of aryl methyl sites for hydroxylation is 1. The Morgan fingerprint density at radius 2 is 2.00 bits per heavy atom. The van der Waals surface area contributed by atoms with E-state index in [2.05, 4.69) is 15.3 Å². The Balaban J connectivity index is 1.51. The lowest BCUT2D eigenvalue weighted by Gasteiger charge is -2.38. The molecule has 0 aromatic carbocycles. The molecule has 0 spiro atoms. The highest BCUT2D eigenvalue weighted by Crippen LogP contribution is 2.25. The van der Waals surface area contributed by atoms with E-state index in [1.54, 1.807) is 30.9 Å². The third-order valence-corrected chi connectivity index (χ3v) is 5.65. The highest BCUT2D eigenvalue weighted by atomic mass is 16.3. The summed E-state index contributed by atoms with van der Waals surface area (Å²) in [4.78, 5) is 27.9. The number of hydrogen-bond donors (Lipinski definition) is 2. The largest absolute Gasteiger partial charge is 0.388 e. The summed E-state index contributed by atoms with van der Waals surface area (Å²) in [6.07, 6.45) is 5.67. The molecule has 0 bridgehead atoms. The van der Waals surface area contributed by atoms with Crippen molar-refractivity contribution in [3.05, 3.63) is 18.0 Å². The lowest BCUT2D eigenvalue weighted by atomic mass is 9.93. The van der Waals surface area contributed by atoms with Gasteiger partial charge in [-0.15, -0.1) is 0 Å². The molecule has 2 fully saturated rings. The minimum atomic E-state index is -0.764. The van der Waals surface area contributed by atoms with Crippen molar-refractivity contribution >= 4 is 11.8 Å². The highest BCUT2D eigenvalue weighted by molar-refractivity contribution is 5.92. The van der Waals surface area contributed by atoms with Crippen LogP contribution < -0.4 is 5.32 Å². The Bertz CT molecular complexity index is 668. The van der Waals surface area contributed by atoms with E-state index >= 15 is 0 Å². The van der Waals surface area contributed by atoms with E-state index in [1.165, 1.54) is 0 Å². The fourth-order valence-corrected chi connectivity index (χ4v) is 4.17. The number of nitrogens with zero attached hydrogens (tertiary/aromatic N) is 4. The number of carbonyl (C=O) groups excluding carboxylic acids is 2. The molecule has 1 aromatic heterocycles. The molecular weight excluding hydrogens is 346 g/mol. The molecule has 8 nitrogen and oxygen atoms in total. The number of piperidine rings is 1. The zero-order valence-corrected chi connectivity index (χ0v) is 16.4. The maximum absolute atomic E-state index is 12.6. The normalized spacial score (nSPS) is 25.2. The van der Waals surface area contributed by atoms with Gasteiger partial charge in [0.05, 0.1) is 5.60 Å². The van der Waals surface area contributed by atoms with Crippen LogP contribution in [0.1, 0.15) is 49.5 Å². The maximum atomic E-state index is 12.6. The molecule has 1 atom stereocenters. The molecule has 150 valence electrons. The monoisotopic (exact) mass is 377 g/mol. The number of amides is 2. The van der Waals surface area contributed by atoms with E-state index < -0.39 is 5.60 Å². The summed E-state index contributed by atoms with van der Waals surface area (Å²) in [6, 6.07) is 1.98. The highest BCUT2D eigenvalue weighted by Gasteiger charge is 2.34. The molecule has 2 amide bonds. The molecular formula is C19H31N5O3. The van der Waals surface area contributed by atoms with Gasteiger partial charge in [0, 0.05) is 58.9 Å². The molecule has 0 aliphatic carbocycles. The topological polar surface area (TPSA) is 90.7 Å². The Labute approximate surface area is 160 Å². The molecule has 0 unspecified atom stereocenters. The van der Waals surface area contributed by atoms with Crippen molar-refractivity contribution in [1.82, 2.24) is 24.9 Å². The SMILES string of the molecule is CC(=O)NC1CCN(C[C@@]2(O)CCCN(C(=O)c3ccn(C)n3)CC2)CC1. The first kappa shape index (κ1) is 19.8. The van der Waals surface area contributed by atoms with E-state index in [0.717, 1.165) is 32.4 Å². The van der Waals surface area contributed by atoms with Crippen LogP contribution in [0, 0.1) is 0 Å². The number of rotatable bonds is 4. The molecule has 1 aromatic rings. The van der Waals surface area contributed by atoms with Crippen LogP contribution in [0.15, 0.2) is 12.3 Å². The van der Waals surface area contributed by atoms with Gasteiger partial charge >= 0.3 is 0 Å². The zero-order valence-electron chi connectivity index (χ0n) is 16.4. The van der Waals surface area contributed by atoms with Gasteiger partial charge in [-0.25, -0.2) is 0 Å². The molecule has 0 saturated carbocycles. The minimum absolute atomic E-state index is 0.0218. The van der Waals surface area contributed by atoms with Gasteiger partial charge in [-0.05, 0) is 38.2 Å². The van der Waals surface area contributed by atoms with E-state index in [1.807, 2.05) is 4.90 Å². The van der Waals surface area contributed by atoms with Crippen LogP contribution in [0.3, 0.4) is 0 Å². The number of β-amino-alcohol motifs (C(OH)–C–C–N with tert-alkyl or cyclic N) is 1. The van der Waals surface area contributed by atoms with Gasteiger partial charge in [-0.1, -0.05) is 0 Å². The second-order valence-corrected chi connectivity index (χ2v) is 8.00. The summed E-state index contributed by atoms with van der Waals surface area (Å²) in [6.45, 7) is 5.15. The summed E-state index contributed by atoms with van der Waals surface area (Å²) >= 11 is 0. The molecule has 8 heteroatoms. The van der Waals surface area contributed by atoms with Crippen molar-refractivity contribution in [3.63, 3.8) is 0 Å². The Morgan fingerprint density at radius 1 is 1.26 bits per heavy atom. The van der Waals surface area contributed by atoms with E-state index in [0.29, 0.717) is 38.2 Å². The molecule has 3 rings (SSSR count). The van der Waals surface area contributed by atoms with Crippen LogP contribution in [0.25, 0.3) is 0 Å². The summed E-state index contributed by atoms with van der Waals surface area (Å²) in [5, 5.41) is 18.3. The van der Waals surface area contributed by atoms with Crippen molar-refractivity contribution in [2.75, 3.05) is 32.7 Å². The van der Waals surface area contributed by atoms with Crippen LogP contribution in [-0.2, 0) is 11.8 Å². The van der Waals surface area contributed by atoms with Crippen molar-refractivity contribution < 1.29 is 14.7 Å². The average Bonchev–Trinajstić information content (AvgIpc) is 2.95. The fraction of sp³-hybridized carbons (Fsp3) is 0.737. The van der Waals surface area contributed by atoms with Crippen molar-refractivity contribution in [2.24, 2.45) is 7.05 Å². The van der Waals surface area contributed by atoms with Gasteiger partial charge < -0.3 is 20.2 Å². The van der Waals surface area contributed by atoms with E-state index in [4.69, 9.17) is 0 Å². The zero-order chi connectivity index (χ0) is 19.4. The predicted molar refractivity (Wildman–Crippen MR) is 101 cm³/mol. The second-order valence-electron chi connectivity index (χ2n) is 8.00. The van der Waals surface area contributed by atoms with Crippen molar-refractivity contribution in [1.29, 1.82) is 0 Å². The van der Waals surface area contributed by atoms with Gasteiger partial charge in [0.2, 0.25) is 5.91 Å². The number of aromatic nitrogens is 2. The lowest BCUT2D eigenvalue weighted by Crippen LogP contribution is -2.50. The van der Waals surface area contributed by atoms with Crippen LogP contribution in [-0.4, -0.2) is 80.9 Å². The lowest BCUT2D eigenvalue weighted by molar-refractivity contribution is -0.120. The molecule has 2 saturated heterocycles. The number of hydrogen-bond acceptors (Lipinski definition) is 5. The summed E-state index contributed by atoms with van der Waals surface area (Å²) in [5.41, 5.74) is -0.303. The van der Waals surface area contributed by atoms with Crippen LogP contribution in [0.4, 0.5) is 0 Å². The number of aliphatic hydroxyl groups is 1. The standard InChI is InChI=1S/C19H31N5O3/c1-15(25)20-16-4-11-23(12-5-16)14-19(27)7-3-9-24(13-8-19)18(26)17-6-10-22(2)21-17/h6,10,16,27H,3-5,7-9,11-14H2,1-2H3,(H,20,25)/t19-/m1/s1. The average molecular weight is 377 g/mol. The first-order valence-electron chi connectivity index (χ1n) is 9.85. The first-order chi connectivity index (χ1) is 12.8. The fourth-order valence-electron chi connectivity index (χ4n) is 4.17. The Hall–Kier alpha value is -1.93. The van der Waals surface area contributed by atoms with Gasteiger partial charge in [0.1, 0.15) is 5.69 Å². The van der Waals surface area contributed by atoms with E-state index in [9.17, 15) is 14.7 Å². The Morgan fingerprint density at radius 3 is 2.63 bits per heavy atom. The molecule has 27 heavy (non-hydrogen) atoms. The molecule has 3 heterocycles. The maximum Gasteiger partial charge on any atom is 0.274 e. The van der Waals surface area contributed by atoms with Crippen molar-refractivity contribution in [3.8, 4) is 0 Å². The molecule has 0 radical (unpaired) electrons. The third-order valence-electron chi connectivity index (χ3n) is 5.65. The number of carbonyl (C=O) groups is 2. The Kier molecular flexibility index (Phi) is 6.16. The summed E-state index contributed by atoms with van der Waals surface area (Å²) in [7, 11) is 1.80. The number of likely N-dealkylation sites (tertiary alicyclic amines) is 2. The van der Waals surface area contributed by atoms with Crippen molar-refractivity contribution in [2.45, 2.75) is 50.7 Å². The smallest absolute Gasteiger partial charge is 0.274 e. The predicted octanol–water partition coefficient (Wildman–Crippen LogP) is 0.378. The first-order valence-corrected chi connectivity index (χ1v) is 9.85. The van der Waals surface area contributed by atoms with Crippen LogP contribution >= 0.6 is 0 Å². The minimum Gasteiger partial charge on any atom is -0.388 e. The van der Waals surface area contributed by atoms with Crippen LogP contribution in [0.5, 0.6) is 0 Å². The summed E-state index contributed by atoms with van der Waals surface area (Å²) < 4.78 is 1.63. The third kappa shape index (κ3) is 5.29. The second kappa shape index (κ2) is 8.39. The summed E-state index contributed by atoms with van der Waals surface area (Å²) in [5.74, 6) is -0.0375. The van der Waals surface area contributed by atoms with Gasteiger partial charge in [0.25, 0.3) is 5.91 Å². The molecule has 2 aliphatic rings.